The van der Waals surface area contributed by atoms with Crippen LogP contribution in [0.5, 0.6) is 0 Å². The molecule has 1 aliphatic rings. The molecule has 0 radical (unpaired) electrons. The highest BCUT2D eigenvalue weighted by Gasteiger charge is 2.36. The molecule has 2 rings (SSSR count). The van der Waals surface area contributed by atoms with E-state index >= 15 is 0 Å². The van der Waals surface area contributed by atoms with Gasteiger partial charge in [-0.2, -0.15) is 4.31 Å². The van der Waals surface area contributed by atoms with Gasteiger partial charge < -0.3 is 10.1 Å². The number of carbonyl (C=O) groups excluding carboxylic acids is 2. The molecule has 0 aliphatic carbocycles. The number of amides is 1. The minimum absolute atomic E-state index is 0.207. The minimum atomic E-state index is -3.41. The van der Waals surface area contributed by atoms with E-state index in [4.69, 9.17) is 4.74 Å². The summed E-state index contributed by atoms with van der Waals surface area (Å²) in [5.74, 6) is -0.794. The third kappa shape index (κ3) is 4.55. The van der Waals surface area contributed by atoms with Crippen LogP contribution in [0.3, 0.4) is 0 Å². The predicted octanol–water partition coefficient (Wildman–Crippen LogP) is 1.61. The molecule has 1 aromatic rings. The van der Waals surface area contributed by atoms with Crippen LogP contribution >= 0.6 is 0 Å². The monoisotopic (exact) mass is 354 g/mol. The van der Waals surface area contributed by atoms with E-state index in [0.717, 1.165) is 6.26 Å². The van der Waals surface area contributed by atoms with Gasteiger partial charge in [0.05, 0.1) is 17.9 Å². The van der Waals surface area contributed by atoms with Crippen LogP contribution in [-0.2, 0) is 19.6 Å². The Labute approximate surface area is 142 Å². The lowest BCUT2D eigenvalue weighted by atomic mass is 10.2. The number of esters is 1. The first kappa shape index (κ1) is 18.4. The molecule has 1 amide bonds. The predicted molar refractivity (Wildman–Crippen MR) is 90.2 cm³/mol. The van der Waals surface area contributed by atoms with Gasteiger partial charge in [0.2, 0.25) is 15.9 Å². The number of sulfonamides is 1. The standard InChI is InChI=1S/C16H22N2O5S/c1-11(2)23-16(20)12-6-8-13(9-7-12)17-15(19)14-5-4-10-18(14)24(3,21)22/h6-9,11,14H,4-5,10H2,1-3H3,(H,17,19). The first-order chi connectivity index (χ1) is 11.2. The quantitative estimate of drug-likeness (QED) is 0.811. The molecular weight excluding hydrogens is 332 g/mol. The molecule has 0 aromatic heterocycles. The molecule has 1 fully saturated rings. The van der Waals surface area contributed by atoms with Crippen LogP contribution in [0.1, 0.15) is 37.0 Å². The summed E-state index contributed by atoms with van der Waals surface area (Å²) in [7, 11) is -3.41. The summed E-state index contributed by atoms with van der Waals surface area (Å²) in [5, 5.41) is 2.70. The second kappa shape index (κ2) is 7.31. The zero-order valence-corrected chi connectivity index (χ0v) is 14.8. The van der Waals surface area contributed by atoms with Crippen LogP contribution in [0.25, 0.3) is 0 Å². The van der Waals surface area contributed by atoms with Gasteiger partial charge in [-0.15, -0.1) is 0 Å². The second-order valence-corrected chi connectivity index (χ2v) is 7.99. The smallest absolute Gasteiger partial charge is 0.338 e. The van der Waals surface area contributed by atoms with E-state index in [0.29, 0.717) is 30.6 Å². The molecule has 1 unspecified atom stereocenters. The van der Waals surface area contributed by atoms with Crippen molar-refractivity contribution in [1.29, 1.82) is 0 Å². The molecule has 1 atom stereocenters. The number of hydrogen-bond donors (Lipinski definition) is 1. The Morgan fingerprint density at radius 2 is 1.88 bits per heavy atom. The van der Waals surface area contributed by atoms with Gasteiger partial charge in [0.15, 0.2) is 0 Å². The summed E-state index contributed by atoms with van der Waals surface area (Å²) in [6, 6.07) is 5.61. The topological polar surface area (TPSA) is 92.8 Å². The van der Waals surface area contributed by atoms with E-state index < -0.39 is 22.0 Å². The van der Waals surface area contributed by atoms with Gasteiger partial charge >= 0.3 is 5.97 Å². The highest BCUT2D eigenvalue weighted by atomic mass is 32.2. The Hall–Kier alpha value is -1.93. The first-order valence-electron chi connectivity index (χ1n) is 7.77. The van der Waals surface area contributed by atoms with Crippen molar-refractivity contribution in [2.75, 3.05) is 18.1 Å². The Balaban J connectivity index is 2.03. The summed E-state index contributed by atoms with van der Waals surface area (Å²) in [4.78, 5) is 24.1. The number of anilines is 1. The average molecular weight is 354 g/mol. The van der Waals surface area contributed by atoms with Crippen molar-refractivity contribution >= 4 is 27.6 Å². The molecule has 1 aromatic carbocycles. The third-order valence-corrected chi connectivity index (χ3v) is 4.95. The van der Waals surface area contributed by atoms with Crippen molar-refractivity contribution in [2.45, 2.75) is 38.8 Å². The summed E-state index contributed by atoms with van der Waals surface area (Å²) in [6.45, 7) is 3.89. The Kier molecular flexibility index (Phi) is 5.61. The van der Waals surface area contributed by atoms with Crippen molar-refractivity contribution in [1.82, 2.24) is 4.31 Å². The maximum atomic E-state index is 12.3. The number of rotatable bonds is 5. The molecular formula is C16H22N2O5S. The molecule has 7 nitrogen and oxygen atoms in total. The lowest BCUT2D eigenvalue weighted by Gasteiger charge is -2.21. The fourth-order valence-electron chi connectivity index (χ4n) is 2.60. The Bertz CT molecular complexity index is 712. The highest BCUT2D eigenvalue weighted by Crippen LogP contribution is 2.22. The first-order valence-corrected chi connectivity index (χ1v) is 9.62. The van der Waals surface area contributed by atoms with Crippen LogP contribution in [-0.4, -0.2) is 49.5 Å². The van der Waals surface area contributed by atoms with E-state index in [1.807, 2.05) is 0 Å². The maximum Gasteiger partial charge on any atom is 0.338 e. The Morgan fingerprint density at radius 3 is 2.42 bits per heavy atom. The molecule has 1 saturated heterocycles. The van der Waals surface area contributed by atoms with E-state index in [9.17, 15) is 18.0 Å². The lowest BCUT2D eigenvalue weighted by Crippen LogP contribution is -2.42. The van der Waals surface area contributed by atoms with Crippen molar-refractivity contribution in [2.24, 2.45) is 0 Å². The fraction of sp³-hybridized carbons (Fsp3) is 0.500. The lowest BCUT2D eigenvalue weighted by molar-refractivity contribution is -0.119. The third-order valence-electron chi connectivity index (χ3n) is 3.66. The number of nitrogens with zero attached hydrogens (tertiary/aromatic N) is 1. The zero-order valence-electron chi connectivity index (χ0n) is 14.0. The summed E-state index contributed by atoms with van der Waals surface area (Å²) >= 11 is 0. The van der Waals surface area contributed by atoms with Crippen LogP contribution in [0.4, 0.5) is 5.69 Å². The van der Waals surface area contributed by atoms with E-state index in [2.05, 4.69) is 5.32 Å². The van der Waals surface area contributed by atoms with Gasteiger partial charge in [0.1, 0.15) is 6.04 Å². The SMILES string of the molecule is CC(C)OC(=O)c1ccc(NC(=O)C2CCCN2S(C)(=O)=O)cc1. The second-order valence-electron chi connectivity index (χ2n) is 6.05. The number of benzene rings is 1. The zero-order chi connectivity index (χ0) is 17.9. The molecule has 0 spiro atoms. The van der Waals surface area contributed by atoms with E-state index in [1.165, 1.54) is 4.31 Å². The maximum absolute atomic E-state index is 12.3. The van der Waals surface area contributed by atoms with Gasteiger partial charge in [-0.3, -0.25) is 4.79 Å². The van der Waals surface area contributed by atoms with Crippen molar-refractivity contribution in [3.8, 4) is 0 Å². The molecule has 8 heteroatoms. The van der Waals surface area contributed by atoms with Gasteiger partial charge in [-0.05, 0) is 51.0 Å². The van der Waals surface area contributed by atoms with E-state index in [1.54, 1.807) is 38.1 Å². The van der Waals surface area contributed by atoms with Crippen molar-refractivity contribution in [3.63, 3.8) is 0 Å². The molecule has 1 aliphatic heterocycles. The van der Waals surface area contributed by atoms with E-state index in [-0.39, 0.29) is 12.0 Å². The number of nitrogens with one attached hydrogen (secondary N) is 1. The van der Waals surface area contributed by atoms with Gasteiger partial charge in [-0.1, -0.05) is 0 Å². The number of hydrogen-bond acceptors (Lipinski definition) is 5. The fourth-order valence-corrected chi connectivity index (χ4v) is 3.72. The van der Waals surface area contributed by atoms with Crippen LogP contribution in [0.15, 0.2) is 24.3 Å². The summed E-state index contributed by atoms with van der Waals surface area (Å²) in [5.41, 5.74) is 0.891. The molecule has 1 N–H and O–H groups in total. The molecule has 24 heavy (non-hydrogen) atoms. The Morgan fingerprint density at radius 1 is 1.25 bits per heavy atom. The summed E-state index contributed by atoms with van der Waals surface area (Å²) < 4.78 is 29.7. The number of carbonyl (C=O) groups is 2. The molecule has 132 valence electrons. The number of ether oxygens (including phenoxy) is 1. The normalized spacial score (nSPS) is 18.6. The van der Waals surface area contributed by atoms with Crippen LogP contribution < -0.4 is 5.32 Å². The molecule has 1 heterocycles. The van der Waals surface area contributed by atoms with Crippen LogP contribution in [0, 0.1) is 0 Å². The summed E-state index contributed by atoms with van der Waals surface area (Å²) in [6.07, 6.45) is 2.05. The molecule has 0 bridgehead atoms. The van der Waals surface area contributed by atoms with Gasteiger partial charge in [0, 0.05) is 12.2 Å². The molecule has 0 saturated carbocycles. The highest BCUT2D eigenvalue weighted by molar-refractivity contribution is 7.88. The van der Waals surface area contributed by atoms with Gasteiger partial charge in [0.25, 0.3) is 0 Å². The van der Waals surface area contributed by atoms with Crippen LogP contribution in [0.2, 0.25) is 0 Å². The average Bonchev–Trinajstić information content (AvgIpc) is 2.97. The van der Waals surface area contributed by atoms with Gasteiger partial charge in [-0.25, -0.2) is 13.2 Å². The van der Waals surface area contributed by atoms with Crippen molar-refractivity contribution in [3.05, 3.63) is 29.8 Å². The van der Waals surface area contributed by atoms with Crippen molar-refractivity contribution < 1.29 is 22.7 Å². The minimum Gasteiger partial charge on any atom is -0.459 e. The largest absolute Gasteiger partial charge is 0.459 e.